The number of carbonyl (C=O) groups is 1. The van der Waals surface area contributed by atoms with Gasteiger partial charge in [-0.25, -0.2) is 0 Å². The summed E-state index contributed by atoms with van der Waals surface area (Å²) in [6.45, 7) is 8.00. The molecular formula is C10H17NO2. The van der Waals surface area contributed by atoms with E-state index in [1.807, 2.05) is 51.8 Å². The van der Waals surface area contributed by atoms with Crippen LogP contribution in [0.2, 0.25) is 0 Å². The van der Waals surface area contributed by atoms with Crippen LogP contribution in [0.1, 0.15) is 19.4 Å². The van der Waals surface area contributed by atoms with Crippen molar-refractivity contribution in [2.75, 3.05) is 5.48 Å². The molecule has 1 aromatic rings. The first-order valence-corrected chi connectivity index (χ1v) is 4.08. The van der Waals surface area contributed by atoms with E-state index in [2.05, 4.69) is 5.48 Å². The van der Waals surface area contributed by atoms with E-state index in [-0.39, 0.29) is 0 Å². The van der Waals surface area contributed by atoms with Crippen molar-refractivity contribution in [1.29, 1.82) is 0 Å². The molecule has 0 amide bonds. The van der Waals surface area contributed by atoms with Crippen molar-refractivity contribution in [1.82, 2.24) is 0 Å². The molecule has 0 unspecified atom stereocenters. The maximum Gasteiger partial charge on any atom is 0.106 e. The molecular weight excluding hydrogens is 166 g/mol. The molecule has 0 bridgehead atoms. The minimum absolute atomic E-state index is 0.723. The number of hydrogen-bond donors (Lipinski definition) is 2. The molecule has 3 nitrogen and oxygen atoms in total. The van der Waals surface area contributed by atoms with Crippen molar-refractivity contribution in [3.8, 4) is 0 Å². The molecule has 0 aliphatic carbocycles. The van der Waals surface area contributed by atoms with Gasteiger partial charge in [-0.3, -0.25) is 10.7 Å². The van der Waals surface area contributed by atoms with Crippen LogP contribution in [0, 0.1) is 6.92 Å². The molecule has 0 heterocycles. The third-order valence-electron chi connectivity index (χ3n) is 1.18. The van der Waals surface area contributed by atoms with Gasteiger partial charge in [0.15, 0.2) is 0 Å². The zero-order chi connectivity index (χ0) is 10.7. The van der Waals surface area contributed by atoms with Gasteiger partial charge in [0, 0.05) is 0 Å². The predicted octanol–water partition coefficient (Wildman–Crippen LogP) is 2.64. The molecule has 0 aromatic heterocycles. The van der Waals surface area contributed by atoms with E-state index >= 15 is 0 Å². The highest BCUT2D eigenvalue weighted by Crippen LogP contribution is 2.06. The summed E-state index contributed by atoms with van der Waals surface area (Å²) in [5.41, 5.74) is 3.97. The van der Waals surface area contributed by atoms with Gasteiger partial charge in [0.25, 0.3) is 0 Å². The monoisotopic (exact) mass is 183 g/mol. The number of aryl methyl sites for hydroxylation is 1. The maximum absolute atomic E-state index is 8.38. The molecule has 0 atom stereocenters. The van der Waals surface area contributed by atoms with Gasteiger partial charge in [-0.15, -0.1) is 0 Å². The van der Waals surface area contributed by atoms with Crippen LogP contribution in [0.25, 0.3) is 0 Å². The highest BCUT2D eigenvalue weighted by molar-refractivity contribution is 5.41. The highest BCUT2D eigenvalue weighted by Gasteiger charge is 1.84. The first kappa shape index (κ1) is 14.2. The second kappa shape index (κ2) is 10.7. The average molecular weight is 183 g/mol. The van der Waals surface area contributed by atoms with Gasteiger partial charge in [0.05, 0.1) is 5.69 Å². The number of rotatable bonds is 1. The molecule has 1 aromatic carbocycles. The fourth-order valence-corrected chi connectivity index (χ4v) is 0.628. The number of carbonyl (C=O) groups excluding carboxylic acids is 1. The lowest BCUT2D eigenvalue weighted by Crippen LogP contribution is -1.87. The Bertz CT molecular complexity index is 197. The van der Waals surface area contributed by atoms with Crippen LogP contribution in [-0.4, -0.2) is 12.0 Å². The van der Waals surface area contributed by atoms with Crippen LogP contribution < -0.4 is 5.48 Å². The Hall–Kier alpha value is -1.35. The third-order valence-corrected chi connectivity index (χ3v) is 1.18. The van der Waals surface area contributed by atoms with Crippen molar-refractivity contribution >= 4 is 12.5 Å². The van der Waals surface area contributed by atoms with E-state index < -0.39 is 0 Å². The van der Waals surface area contributed by atoms with Gasteiger partial charge in [-0.1, -0.05) is 31.5 Å². The molecule has 0 radical (unpaired) electrons. The second-order valence-electron chi connectivity index (χ2n) is 1.98. The first-order chi connectivity index (χ1) is 6.33. The van der Waals surface area contributed by atoms with E-state index in [1.54, 1.807) is 0 Å². The Kier molecular flexibility index (Phi) is 11.6. The summed E-state index contributed by atoms with van der Waals surface area (Å²) in [6.07, 6.45) is 0. The Labute approximate surface area is 79.4 Å². The molecule has 13 heavy (non-hydrogen) atoms. The molecule has 3 heteroatoms. The quantitative estimate of drug-likeness (QED) is 0.658. The highest BCUT2D eigenvalue weighted by atomic mass is 16.5. The van der Waals surface area contributed by atoms with E-state index in [0.29, 0.717) is 0 Å². The minimum Gasteiger partial charge on any atom is -0.307 e. The topological polar surface area (TPSA) is 49.3 Å². The molecule has 0 spiro atoms. The van der Waals surface area contributed by atoms with Crippen LogP contribution in [0.5, 0.6) is 0 Å². The lowest BCUT2D eigenvalue weighted by Gasteiger charge is -1.96. The summed E-state index contributed by atoms with van der Waals surface area (Å²) in [5, 5.41) is 8.38. The molecule has 1 rings (SSSR count). The first-order valence-electron chi connectivity index (χ1n) is 4.08. The van der Waals surface area contributed by atoms with Gasteiger partial charge in [-0.05, 0) is 19.1 Å². The SMILES string of the molecule is C=O.CC.Cc1ccc(NO)cc1. The molecule has 74 valence electrons. The maximum atomic E-state index is 8.38. The predicted molar refractivity (Wildman–Crippen MR) is 55.1 cm³/mol. The normalized spacial score (nSPS) is 7.08. The van der Waals surface area contributed by atoms with Crippen LogP contribution in [0.4, 0.5) is 5.69 Å². The van der Waals surface area contributed by atoms with Crippen LogP contribution in [0.3, 0.4) is 0 Å². The van der Waals surface area contributed by atoms with E-state index in [0.717, 1.165) is 5.69 Å². The standard InChI is InChI=1S/C7H9NO.C2H6.CH2O/c1-6-2-4-7(8-9)5-3-6;2*1-2/h2-5,8-9H,1H3;1-2H3;1H2. The molecule has 0 fully saturated rings. The van der Waals surface area contributed by atoms with Gasteiger partial charge in [0.2, 0.25) is 0 Å². The van der Waals surface area contributed by atoms with Crippen LogP contribution in [-0.2, 0) is 4.79 Å². The number of benzene rings is 1. The van der Waals surface area contributed by atoms with Crippen molar-refractivity contribution < 1.29 is 10.0 Å². The second-order valence-corrected chi connectivity index (χ2v) is 1.98. The summed E-state index contributed by atoms with van der Waals surface area (Å²) in [7, 11) is 0. The van der Waals surface area contributed by atoms with Gasteiger partial charge in [-0.2, -0.15) is 0 Å². The summed E-state index contributed by atoms with van der Waals surface area (Å²) in [5.74, 6) is 0. The fourth-order valence-electron chi connectivity index (χ4n) is 0.628. The summed E-state index contributed by atoms with van der Waals surface area (Å²) < 4.78 is 0. The Morgan fingerprint density at radius 3 is 1.85 bits per heavy atom. The summed E-state index contributed by atoms with van der Waals surface area (Å²) in [4.78, 5) is 8.00. The lowest BCUT2D eigenvalue weighted by molar-refractivity contribution is -0.0979. The average Bonchev–Trinajstić information content (AvgIpc) is 2.25. The van der Waals surface area contributed by atoms with E-state index in [9.17, 15) is 0 Å². The van der Waals surface area contributed by atoms with Crippen molar-refractivity contribution in [2.45, 2.75) is 20.8 Å². The molecule has 0 aliphatic rings. The molecule has 2 N–H and O–H groups in total. The minimum atomic E-state index is 0.723. The van der Waals surface area contributed by atoms with E-state index in [4.69, 9.17) is 10.0 Å². The lowest BCUT2D eigenvalue weighted by atomic mass is 10.2. The van der Waals surface area contributed by atoms with Crippen molar-refractivity contribution in [3.05, 3.63) is 29.8 Å². The number of anilines is 1. The molecule has 0 saturated heterocycles. The third kappa shape index (κ3) is 7.03. The Balaban J connectivity index is 0. The zero-order valence-electron chi connectivity index (χ0n) is 8.37. The van der Waals surface area contributed by atoms with E-state index in [1.165, 1.54) is 5.56 Å². The number of hydrogen-bond acceptors (Lipinski definition) is 3. The van der Waals surface area contributed by atoms with Crippen molar-refractivity contribution in [3.63, 3.8) is 0 Å². The zero-order valence-corrected chi connectivity index (χ0v) is 8.37. The van der Waals surface area contributed by atoms with Crippen LogP contribution in [0.15, 0.2) is 24.3 Å². The van der Waals surface area contributed by atoms with Gasteiger partial charge in [0.1, 0.15) is 6.79 Å². The van der Waals surface area contributed by atoms with Gasteiger partial charge >= 0.3 is 0 Å². The molecule has 0 aliphatic heterocycles. The molecule has 0 saturated carbocycles. The Morgan fingerprint density at radius 2 is 1.54 bits per heavy atom. The van der Waals surface area contributed by atoms with Gasteiger partial charge < -0.3 is 4.79 Å². The Morgan fingerprint density at radius 1 is 1.15 bits per heavy atom. The fraction of sp³-hybridized carbons (Fsp3) is 0.300. The number of nitrogens with one attached hydrogen (secondary N) is 1. The summed E-state index contributed by atoms with van der Waals surface area (Å²) in [6, 6.07) is 7.49. The van der Waals surface area contributed by atoms with Crippen LogP contribution >= 0.6 is 0 Å². The van der Waals surface area contributed by atoms with Crippen molar-refractivity contribution in [2.24, 2.45) is 0 Å². The smallest absolute Gasteiger partial charge is 0.106 e. The largest absolute Gasteiger partial charge is 0.307 e. The summed E-state index contributed by atoms with van der Waals surface area (Å²) >= 11 is 0.